The van der Waals surface area contributed by atoms with Gasteiger partial charge in [0.2, 0.25) is 5.91 Å². The van der Waals surface area contributed by atoms with E-state index in [1.54, 1.807) is 24.1 Å². The van der Waals surface area contributed by atoms with E-state index < -0.39 is 5.60 Å². The first-order valence-electron chi connectivity index (χ1n) is 18.4. The van der Waals surface area contributed by atoms with Gasteiger partial charge in [0.15, 0.2) is 0 Å². The number of benzene rings is 3. The molecule has 0 spiro atoms. The molecule has 1 fully saturated rings. The first kappa shape index (κ1) is 38.9. The number of dihydropyridines is 1. The van der Waals surface area contributed by atoms with Crippen molar-refractivity contribution in [1.29, 1.82) is 0 Å². The highest BCUT2D eigenvalue weighted by atomic mass is 32.2. The topological polar surface area (TPSA) is 100 Å². The summed E-state index contributed by atoms with van der Waals surface area (Å²) in [7, 11) is 0. The number of nitrogens with zero attached hydrogens (tertiary/aromatic N) is 2. The summed E-state index contributed by atoms with van der Waals surface area (Å²) in [5, 5.41) is 6.27. The zero-order valence-corrected chi connectivity index (χ0v) is 32.4. The molecule has 0 aromatic heterocycles. The molecule has 2 aliphatic rings. The summed E-state index contributed by atoms with van der Waals surface area (Å²) in [6.07, 6.45) is 7.80. The van der Waals surface area contributed by atoms with Gasteiger partial charge in [-0.2, -0.15) is 11.8 Å². The van der Waals surface area contributed by atoms with Crippen LogP contribution in [-0.2, 0) is 32.0 Å². The van der Waals surface area contributed by atoms with Gasteiger partial charge in [0.05, 0.1) is 12.5 Å². The third kappa shape index (κ3) is 11.3. The fraction of sp³-hybridized carbons (Fsp3) is 0.442. The predicted octanol–water partition coefficient (Wildman–Crippen LogP) is 8.95. The molecule has 0 aliphatic carbocycles. The average Bonchev–Trinajstić information content (AvgIpc) is 3.12. The van der Waals surface area contributed by atoms with E-state index >= 15 is 0 Å². The Hall–Kier alpha value is -4.37. The van der Waals surface area contributed by atoms with Crippen molar-refractivity contribution in [3.8, 4) is 0 Å². The normalized spacial score (nSPS) is 16.2. The Morgan fingerprint density at radius 3 is 2.35 bits per heavy atom. The highest BCUT2D eigenvalue weighted by Crippen LogP contribution is 2.36. The Kier molecular flexibility index (Phi) is 13.0. The van der Waals surface area contributed by atoms with Crippen LogP contribution in [0.1, 0.15) is 112 Å². The van der Waals surface area contributed by atoms with Crippen molar-refractivity contribution in [2.24, 2.45) is 4.99 Å². The summed E-state index contributed by atoms with van der Waals surface area (Å²) >= 11 is 1.64. The van der Waals surface area contributed by atoms with Gasteiger partial charge in [0.1, 0.15) is 5.60 Å². The van der Waals surface area contributed by atoms with E-state index in [0.29, 0.717) is 47.7 Å². The number of carbonyl (C=O) groups is 3. The van der Waals surface area contributed by atoms with Gasteiger partial charge in [-0.3, -0.25) is 19.4 Å². The zero-order chi connectivity index (χ0) is 37.3. The number of nitrogens with one attached hydrogen (secondary N) is 2. The highest BCUT2D eigenvalue weighted by molar-refractivity contribution is 7.98. The third-order valence-electron chi connectivity index (χ3n) is 9.21. The number of anilines is 2. The number of aliphatic imine (C=N–C) groups is 1. The number of hydrogen-bond donors (Lipinski definition) is 2. The molecular weight excluding hydrogens is 669 g/mol. The predicted molar refractivity (Wildman–Crippen MR) is 214 cm³/mol. The van der Waals surface area contributed by atoms with Crippen LogP contribution in [0.4, 0.5) is 11.4 Å². The Labute approximate surface area is 313 Å². The maximum Gasteiger partial charge on any atom is 0.307 e. The van der Waals surface area contributed by atoms with Gasteiger partial charge >= 0.3 is 5.97 Å². The molecule has 0 bridgehead atoms. The number of amides is 2. The third-order valence-corrected chi connectivity index (χ3v) is 10.2. The van der Waals surface area contributed by atoms with Crippen molar-refractivity contribution >= 4 is 47.1 Å². The minimum absolute atomic E-state index is 0.0708. The number of carbonyl (C=O) groups excluding carboxylic acids is 3. The lowest BCUT2D eigenvalue weighted by Gasteiger charge is -2.30. The van der Waals surface area contributed by atoms with E-state index in [1.807, 2.05) is 51.1 Å². The van der Waals surface area contributed by atoms with Crippen LogP contribution in [0.5, 0.6) is 0 Å². The summed E-state index contributed by atoms with van der Waals surface area (Å²) < 4.78 is 5.41. The van der Waals surface area contributed by atoms with Gasteiger partial charge < -0.3 is 20.3 Å². The molecule has 0 radical (unpaired) electrons. The van der Waals surface area contributed by atoms with Crippen molar-refractivity contribution in [1.82, 2.24) is 5.32 Å². The summed E-state index contributed by atoms with van der Waals surface area (Å²) in [5.41, 5.74) is 6.77. The number of ether oxygens (including phenoxy) is 1. The minimum Gasteiger partial charge on any atom is -0.460 e. The van der Waals surface area contributed by atoms with Crippen molar-refractivity contribution in [3.63, 3.8) is 0 Å². The molecule has 2 heterocycles. The van der Waals surface area contributed by atoms with Gasteiger partial charge in [0.25, 0.3) is 5.91 Å². The molecule has 1 atom stereocenters. The van der Waals surface area contributed by atoms with Crippen LogP contribution in [0.25, 0.3) is 0 Å². The average molecular weight is 723 g/mol. The Balaban J connectivity index is 1.26. The first-order chi connectivity index (χ1) is 24.7. The lowest BCUT2D eigenvalue weighted by Crippen LogP contribution is -2.29. The highest BCUT2D eigenvalue weighted by Gasteiger charge is 2.25. The summed E-state index contributed by atoms with van der Waals surface area (Å²) in [6, 6.07) is 21.8. The summed E-state index contributed by atoms with van der Waals surface area (Å²) in [4.78, 5) is 46.4. The quantitative estimate of drug-likeness (QED) is 0.143. The number of allylic oxidation sites excluding steroid dienone is 1. The Bertz CT molecular complexity index is 1780. The second-order valence-electron chi connectivity index (χ2n) is 15.7. The van der Waals surface area contributed by atoms with E-state index in [1.165, 1.54) is 12.0 Å². The van der Waals surface area contributed by atoms with E-state index in [0.717, 1.165) is 48.3 Å². The second kappa shape index (κ2) is 17.4. The summed E-state index contributed by atoms with van der Waals surface area (Å²) in [6.45, 7) is 14.6. The molecule has 1 unspecified atom stereocenters. The van der Waals surface area contributed by atoms with Crippen LogP contribution in [0.15, 0.2) is 83.4 Å². The molecule has 9 heteroatoms. The number of esters is 1. The smallest absolute Gasteiger partial charge is 0.307 e. The lowest BCUT2D eigenvalue weighted by atomic mass is 9.87. The maximum absolute atomic E-state index is 13.7. The van der Waals surface area contributed by atoms with Gasteiger partial charge in [-0.05, 0) is 98.5 Å². The van der Waals surface area contributed by atoms with Crippen molar-refractivity contribution in [3.05, 3.63) is 106 Å². The van der Waals surface area contributed by atoms with E-state index in [4.69, 9.17) is 9.73 Å². The molecule has 5 rings (SSSR count). The van der Waals surface area contributed by atoms with Crippen molar-refractivity contribution in [2.45, 2.75) is 103 Å². The zero-order valence-electron chi connectivity index (χ0n) is 31.6. The van der Waals surface area contributed by atoms with Crippen LogP contribution in [0.2, 0.25) is 0 Å². The number of hydrogen-bond acceptors (Lipinski definition) is 7. The van der Waals surface area contributed by atoms with Crippen LogP contribution in [0.3, 0.4) is 0 Å². The van der Waals surface area contributed by atoms with E-state index in [9.17, 15) is 14.4 Å². The lowest BCUT2D eigenvalue weighted by molar-refractivity contribution is -0.154. The van der Waals surface area contributed by atoms with Crippen molar-refractivity contribution < 1.29 is 19.1 Å². The molecule has 3 aromatic carbocycles. The van der Waals surface area contributed by atoms with Gasteiger partial charge in [-0.15, -0.1) is 0 Å². The van der Waals surface area contributed by atoms with Crippen LogP contribution >= 0.6 is 11.8 Å². The molecule has 0 saturated carbocycles. The second-order valence-corrected chi connectivity index (χ2v) is 16.8. The number of piperidine rings is 1. The molecule has 8 nitrogen and oxygen atoms in total. The van der Waals surface area contributed by atoms with Crippen LogP contribution in [0, 0.1) is 0 Å². The monoisotopic (exact) mass is 722 g/mol. The fourth-order valence-electron chi connectivity index (χ4n) is 6.37. The molecule has 52 heavy (non-hydrogen) atoms. The maximum atomic E-state index is 13.7. The summed E-state index contributed by atoms with van der Waals surface area (Å²) in [5.74, 6) is 0.783. The number of thioether (sulfide) groups is 1. The molecule has 2 amide bonds. The fourth-order valence-corrected chi connectivity index (χ4v) is 7.24. The Morgan fingerprint density at radius 1 is 0.885 bits per heavy atom. The van der Waals surface area contributed by atoms with Gasteiger partial charge in [-0.1, -0.05) is 57.2 Å². The Morgan fingerprint density at radius 2 is 1.63 bits per heavy atom. The largest absolute Gasteiger partial charge is 0.460 e. The van der Waals surface area contributed by atoms with Crippen LogP contribution < -0.4 is 15.5 Å². The molecule has 3 aromatic rings. The van der Waals surface area contributed by atoms with Gasteiger partial charge in [0, 0.05) is 71.9 Å². The first-order valence-corrected chi connectivity index (χ1v) is 19.6. The minimum atomic E-state index is -0.492. The number of rotatable bonds is 12. The van der Waals surface area contributed by atoms with Gasteiger partial charge in [-0.25, -0.2) is 0 Å². The van der Waals surface area contributed by atoms with Crippen LogP contribution in [-0.4, -0.2) is 48.4 Å². The molecule has 2 N–H and O–H groups in total. The SMILES string of the molecule is CC(C)(C)OC(=O)CCSCc1cccc(C(=O)Nc2ccc(N3CCCCC3)cc2C2CC(C(=O)NCc3ccc(C(C)(C)C)cc3)=CC=N2)c1. The standard InChI is InChI=1S/C43H54N4O4S/c1-42(2,3)34-15-13-30(14-16-34)28-45-40(49)33-19-21-44-38(26-33)36-27-35(47-22-8-7-9-23-47)17-18-37(36)46-41(50)32-12-10-11-31(25-32)29-52-24-20-39(48)51-43(4,5)6/h10-19,21,25,27,38H,7-9,20,22-24,26,28-29H2,1-6H3,(H,45,49)(H,46,50). The van der Waals surface area contributed by atoms with E-state index in [-0.39, 0.29) is 29.2 Å². The molecular formula is C43H54N4O4S. The molecule has 1 saturated heterocycles. The molecule has 276 valence electrons. The van der Waals surface area contributed by atoms with Crippen molar-refractivity contribution in [2.75, 3.05) is 29.1 Å². The van der Waals surface area contributed by atoms with E-state index in [2.05, 4.69) is 72.7 Å². The molecule has 2 aliphatic heterocycles.